The fraction of sp³-hybridized carbons (Fsp3) is 0.391. The Hall–Kier alpha value is -2.42. The smallest absolute Gasteiger partial charge is 0.255 e. The molecular formula is C23H28ClN3O4S. The minimum Gasteiger partial charge on any atom is -0.347 e. The van der Waals surface area contributed by atoms with E-state index in [-0.39, 0.29) is 26.9 Å². The summed E-state index contributed by atoms with van der Waals surface area (Å²) in [6.07, 6.45) is 2.61. The summed E-state index contributed by atoms with van der Waals surface area (Å²) in [6, 6.07) is 10.7. The second kappa shape index (κ2) is 9.60. The highest BCUT2D eigenvalue weighted by Gasteiger charge is 2.28. The number of hydrogen-bond acceptors (Lipinski definition) is 4. The molecule has 0 aromatic heterocycles. The lowest BCUT2D eigenvalue weighted by atomic mass is 10.1. The lowest BCUT2D eigenvalue weighted by Crippen LogP contribution is -2.40. The third-order valence-corrected chi connectivity index (χ3v) is 7.40. The van der Waals surface area contributed by atoms with E-state index in [1.165, 1.54) is 22.5 Å². The van der Waals surface area contributed by atoms with Gasteiger partial charge in [-0.1, -0.05) is 18.0 Å². The summed E-state index contributed by atoms with van der Waals surface area (Å²) in [5.41, 5.74) is 0.779. The van der Waals surface area contributed by atoms with Gasteiger partial charge in [0.1, 0.15) is 4.90 Å². The molecule has 32 heavy (non-hydrogen) atoms. The van der Waals surface area contributed by atoms with Gasteiger partial charge in [0.2, 0.25) is 10.0 Å². The number of benzene rings is 2. The molecule has 0 saturated carbocycles. The molecule has 2 amide bonds. The van der Waals surface area contributed by atoms with E-state index in [0.717, 1.165) is 19.3 Å². The molecule has 7 nitrogen and oxygen atoms in total. The van der Waals surface area contributed by atoms with E-state index < -0.39 is 15.9 Å². The summed E-state index contributed by atoms with van der Waals surface area (Å²) in [4.78, 5) is 24.9. The van der Waals surface area contributed by atoms with Crippen LogP contribution in [0.2, 0.25) is 5.02 Å². The number of hydrogen-bond donors (Lipinski definition) is 2. The van der Waals surface area contributed by atoms with Crippen molar-refractivity contribution >= 4 is 39.1 Å². The van der Waals surface area contributed by atoms with Crippen LogP contribution in [0, 0.1) is 0 Å². The fourth-order valence-electron chi connectivity index (χ4n) is 3.41. The zero-order valence-corrected chi connectivity index (χ0v) is 20.0. The number of carbonyl (C=O) groups excluding carboxylic acids is 2. The van der Waals surface area contributed by atoms with Gasteiger partial charge in [0.05, 0.1) is 5.02 Å². The van der Waals surface area contributed by atoms with E-state index in [2.05, 4.69) is 10.6 Å². The number of anilines is 1. The standard InChI is InChI=1S/C23H28ClN3O4S/c1-23(2,3)26-22(29)16-7-10-18(11-8-16)25-21(28)17-9-12-19(24)20(15-17)32(30,31)27-13-5-4-6-14-27/h7-12,15H,4-6,13-14H2,1-3H3,(H,25,28)(H,26,29). The van der Waals surface area contributed by atoms with Gasteiger partial charge in [-0.2, -0.15) is 4.31 Å². The molecule has 1 aliphatic rings. The van der Waals surface area contributed by atoms with Crippen LogP contribution in [-0.4, -0.2) is 43.2 Å². The van der Waals surface area contributed by atoms with Gasteiger partial charge >= 0.3 is 0 Å². The maximum atomic E-state index is 13.0. The molecule has 1 aliphatic heterocycles. The highest BCUT2D eigenvalue weighted by molar-refractivity contribution is 7.89. The maximum absolute atomic E-state index is 13.0. The average molecular weight is 478 g/mol. The molecule has 0 radical (unpaired) electrons. The van der Waals surface area contributed by atoms with Gasteiger partial charge in [-0.05, 0) is 76.1 Å². The first-order valence-corrected chi connectivity index (χ1v) is 12.3. The molecule has 0 spiro atoms. The molecular weight excluding hydrogens is 450 g/mol. The number of sulfonamides is 1. The van der Waals surface area contributed by atoms with Crippen molar-refractivity contribution in [2.24, 2.45) is 0 Å². The largest absolute Gasteiger partial charge is 0.347 e. The predicted molar refractivity (Wildman–Crippen MR) is 126 cm³/mol. The Labute approximate surface area is 194 Å². The van der Waals surface area contributed by atoms with Crippen molar-refractivity contribution in [3.63, 3.8) is 0 Å². The second-order valence-corrected chi connectivity index (χ2v) is 11.2. The first kappa shape index (κ1) is 24.2. The highest BCUT2D eigenvalue weighted by Crippen LogP contribution is 2.28. The molecule has 1 fully saturated rings. The number of nitrogens with zero attached hydrogens (tertiary/aromatic N) is 1. The van der Waals surface area contributed by atoms with E-state index in [1.54, 1.807) is 24.3 Å². The number of carbonyl (C=O) groups is 2. The summed E-state index contributed by atoms with van der Waals surface area (Å²) in [6.45, 7) is 6.58. The van der Waals surface area contributed by atoms with Gasteiger partial charge in [0.15, 0.2) is 0 Å². The average Bonchev–Trinajstić information content (AvgIpc) is 2.73. The summed E-state index contributed by atoms with van der Waals surface area (Å²) in [5.74, 6) is -0.677. The van der Waals surface area contributed by atoms with Crippen LogP contribution in [0.1, 0.15) is 60.7 Å². The highest BCUT2D eigenvalue weighted by atomic mass is 35.5. The lowest BCUT2D eigenvalue weighted by molar-refractivity contribution is 0.0919. The van der Waals surface area contributed by atoms with E-state index in [0.29, 0.717) is 24.3 Å². The molecule has 9 heteroatoms. The molecule has 2 aromatic carbocycles. The van der Waals surface area contributed by atoms with Crippen molar-refractivity contribution < 1.29 is 18.0 Å². The van der Waals surface area contributed by atoms with E-state index >= 15 is 0 Å². The van der Waals surface area contributed by atoms with Crippen molar-refractivity contribution in [1.82, 2.24) is 9.62 Å². The Morgan fingerprint density at radius 3 is 2.09 bits per heavy atom. The maximum Gasteiger partial charge on any atom is 0.255 e. The Morgan fingerprint density at radius 2 is 1.50 bits per heavy atom. The quantitative estimate of drug-likeness (QED) is 0.671. The summed E-state index contributed by atoms with van der Waals surface area (Å²) < 4.78 is 27.4. The van der Waals surface area contributed by atoms with Crippen LogP contribution in [0.5, 0.6) is 0 Å². The Morgan fingerprint density at radius 1 is 0.906 bits per heavy atom. The van der Waals surface area contributed by atoms with Gasteiger partial charge in [0, 0.05) is 35.4 Å². The number of rotatable bonds is 5. The Kier molecular flexibility index (Phi) is 7.27. The van der Waals surface area contributed by atoms with Crippen LogP contribution in [0.3, 0.4) is 0 Å². The third kappa shape index (κ3) is 5.88. The minimum absolute atomic E-state index is 0.0667. The zero-order valence-electron chi connectivity index (χ0n) is 18.4. The topological polar surface area (TPSA) is 95.6 Å². The molecule has 0 unspecified atom stereocenters. The Bertz CT molecular complexity index is 1100. The molecule has 0 atom stereocenters. The summed E-state index contributed by atoms with van der Waals surface area (Å²) in [5, 5.41) is 5.69. The van der Waals surface area contributed by atoms with Crippen LogP contribution >= 0.6 is 11.6 Å². The first-order valence-electron chi connectivity index (χ1n) is 10.5. The number of halogens is 1. The van der Waals surface area contributed by atoms with Crippen LogP contribution in [0.15, 0.2) is 47.4 Å². The van der Waals surface area contributed by atoms with E-state index in [1.807, 2.05) is 20.8 Å². The van der Waals surface area contributed by atoms with Crippen molar-refractivity contribution in [2.45, 2.75) is 50.5 Å². The van der Waals surface area contributed by atoms with Crippen LogP contribution in [0.25, 0.3) is 0 Å². The number of nitrogens with one attached hydrogen (secondary N) is 2. The molecule has 1 saturated heterocycles. The summed E-state index contributed by atoms with van der Waals surface area (Å²) in [7, 11) is -3.77. The first-order chi connectivity index (χ1) is 15.0. The van der Waals surface area contributed by atoms with Crippen molar-refractivity contribution in [3.8, 4) is 0 Å². The van der Waals surface area contributed by atoms with Crippen LogP contribution < -0.4 is 10.6 Å². The monoisotopic (exact) mass is 477 g/mol. The normalized spacial score (nSPS) is 15.2. The minimum atomic E-state index is -3.77. The summed E-state index contributed by atoms with van der Waals surface area (Å²) >= 11 is 6.18. The molecule has 172 valence electrons. The molecule has 2 aromatic rings. The molecule has 0 aliphatic carbocycles. The lowest BCUT2D eigenvalue weighted by Gasteiger charge is -2.26. The molecule has 3 rings (SSSR count). The molecule has 1 heterocycles. The molecule has 2 N–H and O–H groups in total. The van der Waals surface area contributed by atoms with Gasteiger partial charge in [0.25, 0.3) is 11.8 Å². The molecule has 0 bridgehead atoms. The zero-order chi connectivity index (χ0) is 23.5. The Balaban J connectivity index is 1.76. The van der Waals surface area contributed by atoms with E-state index in [9.17, 15) is 18.0 Å². The van der Waals surface area contributed by atoms with Gasteiger partial charge in [-0.15, -0.1) is 0 Å². The van der Waals surface area contributed by atoms with Gasteiger partial charge in [-0.3, -0.25) is 9.59 Å². The number of amides is 2. The van der Waals surface area contributed by atoms with Crippen LogP contribution in [0.4, 0.5) is 5.69 Å². The fourth-order valence-corrected chi connectivity index (χ4v) is 5.43. The van der Waals surface area contributed by atoms with Crippen molar-refractivity contribution in [2.75, 3.05) is 18.4 Å². The van der Waals surface area contributed by atoms with Gasteiger partial charge in [-0.25, -0.2) is 8.42 Å². The van der Waals surface area contributed by atoms with Gasteiger partial charge < -0.3 is 10.6 Å². The van der Waals surface area contributed by atoms with Crippen LogP contribution in [-0.2, 0) is 10.0 Å². The third-order valence-electron chi connectivity index (χ3n) is 5.02. The second-order valence-electron chi connectivity index (χ2n) is 8.85. The van der Waals surface area contributed by atoms with E-state index in [4.69, 9.17) is 11.6 Å². The van der Waals surface area contributed by atoms with Crippen molar-refractivity contribution in [1.29, 1.82) is 0 Å². The SMILES string of the molecule is CC(C)(C)NC(=O)c1ccc(NC(=O)c2ccc(Cl)c(S(=O)(=O)N3CCCCC3)c2)cc1. The predicted octanol–water partition coefficient (Wildman–Crippen LogP) is 4.30. The number of piperidine rings is 1. The van der Waals surface area contributed by atoms with Crippen molar-refractivity contribution in [3.05, 3.63) is 58.6 Å².